The van der Waals surface area contributed by atoms with Crippen molar-refractivity contribution >= 4 is 0 Å². The summed E-state index contributed by atoms with van der Waals surface area (Å²) in [4.78, 5) is 0. The van der Waals surface area contributed by atoms with E-state index in [1.165, 1.54) is 30.1 Å². The molecule has 4 fully saturated rings. The van der Waals surface area contributed by atoms with Crippen LogP contribution in [0.5, 0.6) is 0 Å². The van der Waals surface area contributed by atoms with Crippen molar-refractivity contribution in [3.63, 3.8) is 0 Å². The summed E-state index contributed by atoms with van der Waals surface area (Å²) in [5, 5.41) is 0. The lowest BCUT2D eigenvalue weighted by molar-refractivity contribution is 0.480. The lowest BCUT2D eigenvalue weighted by Gasteiger charge is -2.05. The van der Waals surface area contributed by atoms with Gasteiger partial charge in [-0.05, 0) is 36.5 Å². The fourth-order valence-corrected chi connectivity index (χ4v) is 4.35. The molecule has 0 atom stereocenters. The maximum atomic E-state index is 2.12. The van der Waals surface area contributed by atoms with Crippen molar-refractivity contribution in [1.82, 2.24) is 0 Å². The van der Waals surface area contributed by atoms with Crippen LogP contribution in [0.2, 0.25) is 0 Å². The molecule has 0 aromatic heterocycles. The molecule has 0 aliphatic heterocycles. The molecule has 0 N–H and O–H groups in total. The Kier molecular flexibility index (Phi) is 13.6. The van der Waals surface area contributed by atoms with Crippen LogP contribution in [-0.2, 0) is 0 Å². The standard InChI is InChI=1S/2C7H12.C3H8.2C2H6/c2*1-2-7-4-3-6(1)5-7;1-3-2;2*1-2/h2*6-7H,1-5H2;3H2,1-2H3;2*1-2H3. The molecule has 0 spiro atoms. The highest BCUT2D eigenvalue weighted by Gasteiger charge is 2.31. The number of fused-ring (bicyclic) bond motifs is 4. The summed E-state index contributed by atoms with van der Waals surface area (Å²) in [6.45, 7) is 12.2. The Morgan fingerprint density at radius 1 is 0.476 bits per heavy atom. The maximum absolute atomic E-state index is 2.12. The molecule has 0 heterocycles. The van der Waals surface area contributed by atoms with Gasteiger partial charge in [0.25, 0.3) is 0 Å². The van der Waals surface area contributed by atoms with Gasteiger partial charge in [0, 0.05) is 0 Å². The Morgan fingerprint density at radius 3 is 0.667 bits per heavy atom. The number of hydrogen-bond acceptors (Lipinski definition) is 0. The third kappa shape index (κ3) is 8.27. The Bertz CT molecular complexity index is 150. The fourth-order valence-electron chi connectivity index (χ4n) is 4.35. The van der Waals surface area contributed by atoms with E-state index in [2.05, 4.69) is 13.8 Å². The van der Waals surface area contributed by atoms with Crippen LogP contribution in [-0.4, -0.2) is 0 Å². The predicted octanol–water partition coefficient (Wildman–Crippen LogP) is 7.86. The monoisotopic (exact) mass is 296 g/mol. The minimum Gasteiger partial charge on any atom is -0.0683 e. The molecule has 0 unspecified atom stereocenters. The normalized spacial score (nSPS) is 33.4. The highest BCUT2D eigenvalue weighted by molar-refractivity contribution is 4.83. The van der Waals surface area contributed by atoms with Crippen molar-refractivity contribution in [3.05, 3.63) is 0 Å². The predicted molar refractivity (Wildman–Crippen MR) is 98.8 cm³/mol. The molecule has 0 saturated heterocycles. The minimum absolute atomic E-state index is 1.17. The molecule has 4 bridgehead atoms. The average molecular weight is 297 g/mol. The first-order valence-electron chi connectivity index (χ1n) is 10.3. The summed E-state index contributed by atoms with van der Waals surface area (Å²) < 4.78 is 0. The van der Waals surface area contributed by atoms with E-state index < -0.39 is 0 Å². The van der Waals surface area contributed by atoms with E-state index in [1.54, 1.807) is 64.2 Å². The molecule has 0 aromatic carbocycles. The van der Waals surface area contributed by atoms with Gasteiger partial charge in [-0.25, -0.2) is 0 Å². The Morgan fingerprint density at radius 2 is 0.619 bits per heavy atom. The molecule has 4 aliphatic carbocycles. The Hall–Kier alpha value is 0. The molecular formula is C21H44. The largest absolute Gasteiger partial charge is 0.0683 e. The lowest BCUT2D eigenvalue weighted by atomic mass is 10.0. The maximum Gasteiger partial charge on any atom is -0.0411 e. The van der Waals surface area contributed by atoms with Crippen LogP contribution in [0, 0.1) is 23.7 Å². The zero-order valence-corrected chi connectivity index (χ0v) is 16.1. The molecule has 128 valence electrons. The molecule has 0 amide bonds. The van der Waals surface area contributed by atoms with Crippen molar-refractivity contribution in [2.24, 2.45) is 23.7 Å². The first-order valence-corrected chi connectivity index (χ1v) is 10.3. The highest BCUT2D eigenvalue weighted by atomic mass is 14.4. The second-order valence-electron chi connectivity index (χ2n) is 6.95. The van der Waals surface area contributed by atoms with Gasteiger partial charge in [0.2, 0.25) is 0 Å². The minimum atomic E-state index is 1.17. The van der Waals surface area contributed by atoms with E-state index in [0.717, 1.165) is 0 Å². The molecule has 4 aliphatic rings. The van der Waals surface area contributed by atoms with Crippen LogP contribution >= 0.6 is 0 Å². The lowest BCUT2D eigenvalue weighted by Crippen LogP contribution is -1.90. The molecule has 0 aromatic rings. The van der Waals surface area contributed by atoms with Gasteiger partial charge >= 0.3 is 0 Å². The summed E-state index contributed by atoms with van der Waals surface area (Å²) in [6.07, 6.45) is 16.9. The van der Waals surface area contributed by atoms with Gasteiger partial charge in [-0.1, -0.05) is 99.3 Å². The van der Waals surface area contributed by atoms with Crippen LogP contribution in [0.1, 0.15) is 112 Å². The highest BCUT2D eigenvalue weighted by Crippen LogP contribution is 2.44. The van der Waals surface area contributed by atoms with Gasteiger partial charge in [-0.15, -0.1) is 0 Å². The van der Waals surface area contributed by atoms with E-state index in [-0.39, 0.29) is 0 Å². The molecule has 4 saturated carbocycles. The average Bonchev–Trinajstić information content (AvgIpc) is 3.35. The first-order chi connectivity index (χ1) is 10.3. The van der Waals surface area contributed by atoms with Crippen molar-refractivity contribution in [2.75, 3.05) is 0 Å². The molecular weight excluding hydrogens is 252 g/mol. The second kappa shape index (κ2) is 13.6. The van der Waals surface area contributed by atoms with Gasteiger partial charge in [-0.2, -0.15) is 0 Å². The van der Waals surface area contributed by atoms with E-state index >= 15 is 0 Å². The molecule has 21 heavy (non-hydrogen) atoms. The summed E-state index contributed by atoms with van der Waals surface area (Å²) >= 11 is 0. The van der Waals surface area contributed by atoms with Crippen molar-refractivity contribution in [3.8, 4) is 0 Å². The molecule has 4 rings (SSSR count). The van der Waals surface area contributed by atoms with Crippen molar-refractivity contribution in [1.29, 1.82) is 0 Å². The smallest absolute Gasteiger partial charge is 0.0411 e. The first kappa shape index (κ1) is 21.0. The zero-order chi connectivity index (χ0) is 16.1. The second-order valence-corrected chi connectivity index (χ2v) is 6.95. The Labute approximate surface area is 136 Å². The van der Waals surface area contributed by atoms with Gasteiger partial charge in [-0.3, -0.25) is 0 Å². The van der Waals surface area contributed by atoms with Crippen LogP contribution < -0.4 is 0 Å². The summed E-state index contributed by atoms with van der Waals surface area (Å²) in [7, 11) is 0. The van der Waals surface area contributed by atoms with E-state index in [1.807, 2.05) is 27.7 Å². The summed E-state index contributed by atoms with van der Waals surface area (Å²) in [5.41, 5.74) is 0. The molecule has 0 heteroatoms. The van der Waals surface area contributed by atoms with E-state index in [0.29, 0.717) is 0 Å². The van der Waals surface area contributed by atoms with Gasteiger partial charge in [0.15, 0.2) is 0 Å². The van der Waals surface area contributed by atoms with Crippen LogP contribution in [0.4, 0.5) is 0 Å². The van der Waals surface area contributed by atoms with Gasteiger partial charge in [0.1, 0.15) is 0 Å². The number of hydrogen-bond donors (Lipinski definition) is 0. The third-order valence-electron chi connectivity index (χ3n) is 5.27. The van der Waals surface area contributed by atoms with Crippen molar-refractivity contribution < 1.29 is 0 Å². The number of rotatable bonds is 0. The van der Waals surface area contributed by atoms with Crippen molar-refractivity contribution in [2.45, 2.75) is 112 Å². The quantitative estimate of drug-likeness (QED) is 0.426. The fraction of sp³-hybridized carbons (Fsp3) is 1.00. The van der Waals surface area contributed by atoms with E-state index in [9.17, 15) is 0 Å². The summed E-state index contributed by atoms with van der Waals surface area (Å²) in [6, 6.07) is 0. The van der Waals surface area contributed by atoms with Gasteiger partial charge < -0.3 is 0 Å². The summed E-state index contributed by atoms with van der Waals surface area (Å²) in [5.74, 6) is 4.69. The molecule has 0 nitrogen and oxygen atoms in total. The zero-order valence-electron chi connectivity index (χ0n) is 16.1. The van der Waals surface area contributed by atoms with E-state index in [4.69, 9.17) is 0 Å². The third-order valence-corrected chi connectivity index (χ3v) is 5.27. The molecule has 0 radical (unpaired) electrons. The topological polar surface area (TPSA) is 0 Å². The van der Waals surface area contributed by atoms with Crippen LogP contribution in [0.3, 0.4) is 0 Å². The SMILES string of the molecule is C1CC2CCC1C2.C1CC2CCC1C2.CC.CC.CCC. The van der Waals surface area contributed by atoms with Crippen LogP contribution in [0.15, 0.2) is 0 Å². The van der Waals surface area contributed by atoms with Crippen LogP contribution in [0.25, 0.3) is 0 Å². The Balaban J connectivity index is 0.000000272. The van der Waals surface area contributed by atoms with Gasteiger partial charge in [0.05, 0.1) is 0 Å².